The minimum atomic E-state index is -0.0550. The van der Waals surface area contributed by atoms with Crippen molar-refractivity contribution in [3.8, 4) is 12.3 Å². The highest BCUT2D eigenvalue weighted by atomic mass is 17.6. The Hall–Kier alpha value is -2.46. The topological polar surface area (TPSA) is 51.2 Å². The van der Waals surface area contributed by atoms with E-state index in [0.29, 0.717) is 0 Å². The average molecular weight is 395 g/mol. The van der Waals surface area contributed by atoms with Gasteiger partial charge in [0.2, 0.25) is 0 Å². The summed E-state index contributed by atoms with van der Waals surface area (Å²) >= 11 is 0. The van der Waals surface area contributed by atoms with Gasteiger partial charge >= 0.3 is 0 Å². The van der Waals surface area contributed by atoms with Gasteiger partial charge in [-0.15, -0.1) is 6.42 Å². The van der Waals surface area contributed by atoms with E-state index in [1.807, 2.05) is 0 Å². The molecule has 0 radical (unpaired) electrons. The van der Waals surface area contributed by atoms with Crippen molar-refractivity contribution in [3.05, 3.63) is 77.4 Å². The molecule has 0 unspecified atom stereocenters. The summed E-state index contributed by atoms with van der Waals surface area (Å²) in [5, 5.41) is 13.9. The second kappa shape index (κ2) is 13.7. The molecule has 0 spiro atoms. The van der Waals surface area contributed by atoms with Gasteiger partial charge in [-0.1, -0.05) is 79.1 Å². The summed E-state index contributed by atoms with van der Waals surface area (Å²) in [4.78, 5) is 6.52. The largest absolute Gasteiger partial charge is 0.303 e. The second-order valence-corrected chi connectivity index (χ2v) is 6.66. The Kier molecular flexibility index (Phi) is 10.8. The number of hydrogen-bond donors (Lipinski definition) is 1. The molecule has 0 saturated carbocycles. The zero-order valence-corrected chi connectivity index (χ0v) is 16.9. The van der Waals surface area contributed by atoms with Crippen LogP contribution in [0.4, 0.5) is 0 Å². The van der Waals surface area contributed by atoms with Crippen LogP contribution in [0.15, 0.2) is 66.2 Å². The van der Waals surface area contributed by atoms with E-state index < -0.39 is 0 Å². The fraction of sp³-hybridized carbons (Fsp3) is 0.333. The zero-order chi connectivity index (χ0) is 20.7. The van der Waals surface area contributed by atoms with Crippen LogP contribution in [-0.4, -0.2) is 36.4 Å². The molecule has 0 aliphatic carbocycles. The van der Waals surface area contributed by atoms with Crippen molar-refractivity contribution in [2.24, 2.45) is 0 Å². The Morgan fingerprint density at radius 3 is 2.00 bits per heavy atom. The summed E-state index contributed by atoms with van der Waals surface area (Å²) < 4.78 is 0. The molecule has 1 saturated heterocycles. The van der Waals surface area contributed by atoms with Crippen LogP contribution >= 0.6 is 0 Å². The van der Waals surface area contributed by atoms with E-state index in [4.69, 9.17) is 5.26 Å². The summed E-state index contributed by atoms with van der Waals surface area (Å²) in [7, 11) is 0. The van der Waals surface area contributed by atoms with Gasteiger partial charge in [0.1, 0.15) is 6.61 Å². The first-order chi connectivity index (χ1) is 14.3. The second-order valence-electron chi connectivity index (χ2n) is 6.66. The lowest BCUT2D eigenvalue weighted by Gasteiger charge is -2.30. The van der Waals surface area contributed by atoms with Gasteiger partial charge in [0, 0.05) is 13.1 Å². The molecule has 1 heterocycles. The SMILES string of the molecule is C#CCOOOO.CCCN1CCC(=C(c2ccccc2)c2ccccc2)CC1. The van der Waals surface area contributed by atoms with Gasteiger partial charge in [0.25, 0.3) is 0 Å². The summed E-state index contributed by atoms with van der Waals surface area (Å²) in [5.41, 5.74) is 5.78. The van der Waals surface area contributed by atoms with Crippen molar-refractivity contribution in [1.29, 1.82) is 0 Å². The first-order valence-corrected chi connectivity index (χ1v) is 9.88. The minimum Gasteiger partial charge on any atom is -0.303 e. The van der Waals surface area contributed by atoms with Crippen molar-refractivity contribution in [2.45, 2.75) is 26.2 Å². The Morgan fingerprint density at radius 2 is 1.55 bits per heavy atom. The molecule has 3 rings (SSSR count). The summed E-state index contributed by atoms with van der Waals surface area (Å²) in [6.07, 6.45) is 8.32. The maximum Gasteiger partial charge on any atom is 0.146 e. The monoisotopic (exact) mass is 395 g/mol. The van der Waals surface area contributed by atoms with Crippen molar-refractivity contribution in [1.82, 2.24) is 4.90 Å². The first-order valence-electron chi connectivity index (χ1n) is 9.88. The van der Waals surface area contributed by atoms with E-state index >= 15 is 0 Å². The number of nitrogens with zero attached hydrogens (tertiary/aromatic N) is 1. The van der Waals surface area contributed by atoms with E-state index in [9.17, 15) is 0 Å². The van der Waals surface area contributed by atoms with Crippen LogP contribution in [0, 0.1) is 12.3 Å². The van der Waals surface area contributed by atoms with Gasteiger partial charge in [-0.2, -0.15) is 4.89 Å². The third-order valence-corrected chi connectivity index (χ3v) is 4.70. The number of likely N-dealkylation sites (tertiary alicyclic amines) is 1. The molecule has 29 heavy (non-hydrogen) atoms. The van der Waals surface area contributed by atoms with Crippen LogP contribution in [0.25, 0.3) is 5.57 Å². The molecule has 1 aliphatic heterocycles. The van der Waals surface area contributed by atoms with Crippen LogP contribution in [0.5, 0.6) is 0 Å². The highest BCUT2D eigenvalue weighted by Crippen LogP contribution is 2.32. The lowest BCUT2D eigenvalue weighted by Crippen LogP contribution is -2.31. The van der Waals surface area contributed by atoms with Crippen LogP contribution in [0.2, 0.25) is 0 Å². The number of terminal acetylenes is 1. The van der Waals surface area contributed by atoms with Gasteiger partial charge in [-0.3, -0.25) is 0 Å². The molecule has 0 bridgehead atoms. The molecular formula is C24H29NO4. The zero-order valence-electron chi connectivity index (χ0n) is 16.9. The van der Waals surface area contributed by atoms with Gasteiger partial charge in [0.05, 0.1) is 0 Å². The Balaban J connectivity index is 0.000000370. The number of piperidine rings is 1. The quantitative estimate of drug-likeness (QED) is 0.311. The van der Waals surface area contributed by atoms with Crippen LogP contribution in [0.3, 0.4) is 0 Å². The Morgan fingerprint density at radius 1 is 1.00 bits per heavy atom. The summed E-state index contributed by atoms with van der Waals surface area (Å²) in [6.45, 7) is 5.85. The fourth-order valence-electron chi connectivity index (χ4n) is 3.48. The van der Waals surface area contributed by atoms with E-state index in [1.165, 1.54) is 55.6 Å². The van der Waals surface area contributed by atoms with Gasteiger partial charge in [-0.25, -0.2) is 5.26 Å². The highest BCUT2D eigenvalue weighted by Gasteiger charge is 2.18. The number of rotatable bonds is 7. The van der Waals surface area contributed by atoms with Gasteiger partial charge in [-0.05, 0) is 52.6 Å². The lowest BCUT2D eigenvalue weighted by molar-refractivity contribution is -0.620. The van der Waals surface area contributed by atoms with Crippen LogP contribution in [-0.2, 0) is 15.0 Å². The maximum absolute atomic E-state index is 7.38. The maximum atomic E-state index is 7.38. The lowest BCUT2D eigenvalue weighted by atomic mass is 9.88. The smallest absolute Gasteiger partial charge is 0.146 e. The van der Waals surface area contributed by atoms with Crippen molar-refractivity contribution in [2.75, 3.05) is 26.2 Å². The average Bonchev–Trinajstić information content (AvgIpc) is 2.78. The Labute approximate surface area is 173 Å². The molecule has 1 fully saturated rings. The van der Waals surface area contributed by atoms with Crippen LogP contribution < -0.4 is 0 Å². The molecule has 5 nitrogen and oxygen atoms in total. The van der Waals surface area contributed by atoms with Crippen molar-refractivity contribution in [3.63, 3.8) is 0 Å². The number of benzene rings is 2. The van der Waals surface area contributed by atoms with Crippen LogP contribution in [0.1, 0.15) is 37.3 Å². The molecule has 2 aromatic carbocycles. The fourth-order valence-corrected chi connectivity index (χ4v) is 3.48. The molecular weight excluding hydrogens is 366 g/mol. The Bertz CT molecular complexity index is 717. The first kappa shape index (κ1) is 22.8. The van der Waals surface area contributed by atoms with E-state index in [0.717, 1.165) is 0 Å². The minimum absolute atomic E-state index is 0.0550. The van der Waals surface area contributed by atoms with Crippen molar-refractivity contribution >= 4 is 5.57 Å². The van der Waals surface area contributed by atoms with E-state index in [1.54, 1.807) is 5.57 Å². The normalized spacial score (nSPS) is 13.9. The van der Waals surface area contributed by atoms with Gasteiger partial charge < -0.3 is 4.90 Å². The van der Waals surface area contributed by atoms with E-state index in [2.05, 4.69) is 99.8 Å². The molecule has 5 heteroatoms. The van der Waals surface area contributed by atoms with Crippen molar-refractivity contribution < 1.29 is 20.2 Å². The van der Waals surface area contributed by atoms with E-state index in [-0.39, 0.29) is 6.61 Å². The highest BCUT2D eigenvalue weighted by molar-refractivity contribution is 5.82. The summed E-state index contributed by atoms with van der Waals surface area (Å²) in [5.74, 6) is 2.06. The molecule has 0 aromatic heterocycles. The predicted octanol–water partition coefficient (Wildman–Crippen LogP) is 4.97. The molecule has 0 atom stereocenters. The molecule has 1 N–H and O–H groups in total. The summed E-state index contributed by atoms with van der Waals surface area (Å²) in [6, 6.07) is 21.7. The molecule has 1 aliphatic rings. The predicted molar refractivity (Wildman–Crippen MR) is 114 cm³/mol. The third-order valence-electron chi connectivity index (χ3n) is 4.70. The molecule has 0 amide bonds. The van der Waals surface area contributed by atoms with Gasteiger partial charge in [0.15, 0.2) is 0 Å². The number of hydrogen-bond acceptors (Lipinski definition) is 5. The third kappa shape index (κ3) is 7.82. The molecule has 154 valence electrons. The standard InChI is InChI=1S/C21H25N.C3H4O4/c1-2-15-22-16-13-20(14-17-22)21(18-9-5-3-6-10-18)19-11-7-4-8-12-19;1-2-3-5-7-6-4/h3-12H,2,13-17H2,1H3;1,4H,3H2. The molecule has 2 aromatic rings.